The van der Waals surface area contributed by atoms with Gasteiger partial charge in [0.25, 0.3) is 0 Å². The van der Waals surface area contributed by atoms with Crippen LogP contribution < -0.4 is 0 Å². The number of aromatic nitrogens is 1. The zero-order valence-corrected chi connectivity index (χ0v) is 10.9. The molecule has 0 N–H and O–H groups in total. The fourth-order valence-electron chi connectivity index (χ4n) is 2.87. The Balaban J connectivity index is 2.32. The van der Waals surface area contributed by atoms with Gasteiger partial charge in [-0.25, -0.2) is 0 Å². The summed E-state index contributed by atoms with van der Waals surface area (Å²) in [4.78, 5) is 16.6. The molecule has 3 heteroatoms. The van der Waals surface area contributed by atoms with Crippen molar-refractivity contribution in [2.24, 2.45) is 10.8 Å². The van der Waals surface area contributed by atoms with Gasteiger partial charge in [0.05, 0.1) is 6.07 Å². The maximum absolute atomic E-state index is 12.6. The molecule has 1 unspecified atom stereocenters. The van der Waals surface area contributed by atoms with Gasteiger partial charge in [-0.2, -0.15) is 5.26 Å². The van der Waals surface area contributed by atoms with Gasteiger partial charge < -0.3 is 0 Å². The molecule has 3 nitrogen and oxygen atoms in total. The minimum atomic E-state index is -0.856. The number of Topliss-reactive ketones (excluding diaryl/α,β-unsaturated/α-hetero) is 1. The Hall–Kier alpha value is -1.69. The number of carbonyl (C=O) groups is 1. The lowest BCUT2D eigenvalue weighted by Gasteiger charge is -2.39. The molecule has 1 aromatic heterocycles. The van der Waals surface area contributed by atoms with E-state index < -0.39 is 5.41 Å². The topological polar surface area (TPSA) is 53.8 Å². The first-order valence-electron chi connectivity index (χ1n) is 6.35. The van der Waals surface area contributed by atoms with Crippen LogP contribution in [0.5, 0.6) is 0 Å². The lowest BCUT2D eigenvalue weighted by molar-refractivity contribution is -0.138. The van der Waals surface area contributed by atoms with Crippen molar-refractivity contribution in [2.75, 3.05) is 0 Å². The van der Waals surface area contributed by atoms with E-state index in [9.17, 15) is 10.1 Å². The zero-order chi connectivity index (χ0) is 13.2. The molecule has 2 rings (SSSR count). The van der Waals surface area contributed by atoms with Crippen LogP contribution >= 0.6 is 0 Å². The second kappa shape index (κ2) is 4.53. The van der Waals surface area contributed by atoms with E-state index in [1.807, 2.05) is 26.0 Å². The highest BCUT2D eigenvalue weighted by Crippen LogP contribution is 2.44. The third kappa shape index (κ3) is 2.15. The molecule has 0 bridgehead atoms. The molecule has 1 heterocycles. The highest BCUT2D eigenvalue weighted by Gasteiger charge is 2.48. The van der Waals surface area contributed by atoms with E-state index in [-0.39, 0.29) is 11.2 Å². The highest BCUT2D eigenvalue weighted by molar-refractivity contribution is 5.93. The van der Waals surface area contributed by atoms with Crippen molar-refractivity contribution in [1.82, 2.24) is 4.98 Å². The van der Waals surface area contributed by atoms with Gasteiger partial charge in [-0.3, -0.25) is 9.78 Å². The largest absolute Gasteiger partial charge is 0.297 e. The van der Waals surface area contributed by atoms with Crippen LogP contribution in [-0.2, 0) is 11.2 Å². The summed E-state index contributed by atoms with van der Waals surface area (Å²) in [5.74, 6) is 0.0904. The molecule has 0 saturated heterocycles. The summed E-state index contributed by atoms with van der Waals surface area (Å²) < 4.78 is 0. The van der Waals surface area contributed by atoms with Crippen LogP contribution in [0.25, 0.3) is 0 Å². The van der Waals surface area contributed by atoms with Crippen molar-refractivity contribution >= 4 is 5.78 Å². The lowest BCUT2D eigenvalue weighted by atomic mass is 9.61. The summed E-state index contributed by atoms with van der Waals surface area (Å²) in [6, 6.07) is 6.07. The Bertz CT molecular complexity index is 487. The average molecular weight is 242 g/mol. The summed E-state index contributed by atoms with van der Waals surface area (Å²) in [6.45, 7) is 3.90. The van der Waals surface area contributed by atoms with Crippen LogP contribution in [0.15, 0.2) is 24.5 Å². The standard InChI is InChI=1S/C15H18N2O/c1-14(2)6-4-7-15(11-16,13(14)18)9-12-5-3-8-17-10-12/h3,5,8,10H,4,6-7,9H2,1-2H3. The molecule has 94 valence electrons. The fraction of sp³-hybridized carbons (Fsp3) is 0.533. The molecule has 1 aliphatic carbocycles. The number of nitrogens with zero attached hydrogens (tertiary/aromatic N) is 2. The SMILES string of the molecule is CC1(C)CCCC(C#N)(Cc2cccnc2)C1=O. The number of pyridine rings is 1. The van der Waals surface area contributed by atoms with E-state index >= 15 is 0 Å². The third-order valence-corrected chi connectivity index (χ3v) is 3.90. The average Bonchev–Trinajstić information content (AvgIpc) is 2.36. The van der Waals surface area contributed by atoms with Gasteiger partial charge in [-0.15, -0.1) is 0 Å². The van der Waals surface area contributed by atoms with Gasteiger partial charge in [0, 0.05) is 17.8 Å². The summed E-state index contributed by atoms with van der Waals surface area (Å²) >= 11 is 0. The highest BCUT2D eigenvalue weighted by atomic mass is 16.1. The number of rotatable bonds is 2. The van der Waals surface area contributed by atoms with Crippen molar-refractivity contribution in [3.8, 4) is 6.07 Å². The monoisotopic (exact) mass is 242 g/mol. The Morgan fingerprint density at radius 2 is 2.22 bits per heavy atom. The molecule has 1 aliphatic rings. The van der Waals surface area contributed by atoms with E-state index in [0.29, 0.717) is 12.8 Å². The maximum Gasteiger partial charge on any atom is 0.158 e. The van der Waals surface area contributed by atoms with Crippen LogP contribution in [-0.4, -0.2) is 10.8 Å². The van der Waals surface area contributed by atoms with Crippen LogP contribution in [0.4, 0.5) is 0 Å². The normalized spacial score (nSPS) is 26.6. The van der Waals surface area contributed by atoms with Gasteiger partial charge >= 0.3 is 0 Å². The van der Waals surface area contributed by atoms with Crippen LogP contribution in [0, 0.1) is 22.2 Å². The van der Waals surface area contributed by atoms with Crippen LogP contribution in [0.2, 0.25) is 0 Å². The van der Waals surface area contributed by atoms with Crippen molar-refractivity contribution in [3.05, 3.63) is 30.1 Å². The summed E-state index contributed by atoms with van der Waals surface area (Å²) in [6.07, 6.45) is 6.41. The maximum atomic E-state index is 12.6. The Kier molecular flexibility index (Phi) is 3.21. The molecule has 0 spiro atoms. The molecule has 1 fully saturated rings. The van der Waals surface area contributed by atoms with E-state index in [4.69, 9.17) is 0 Å². The van der Waals surface area contributed by atoms with E-state index in [1.54, 1.807) is 12.4 Å². The predicted octanol–water partition coefficient (Wildman–Crippen LogP) is 2.91. The number of nitriles is 1. The first-order chi connectivity index (χ1) is 8.50. The first kappa shape index (κ1) is 12.8. The van der Waals surface area contributed by atoms with Gasteiger partial charge in [0.2, 0.25) is 0 Å². The van der Waals surface area contributed by atoms with Crippen molar-refractivity contribution in [3.63, 3.8) is 0 Å². The molecule has 0 aromatic carbocycles. The first-order valence-corrected chi connectivity index (χ1v) is 6.35. The summed E-state index contributed by atoms with van der Waals surface area (Å²) in [5, 5.41) is 9.51. The van der Waals surface area contributed by atoms with Gasteiger partial charge in [-0.05, 0) is 30.9 Å². The van der Waals surface area contributed by atoms with Gasteiger partial charge in [0.1, 0.15) is 5.41 Å². The van der Waals surface area contributed by atoms with Crippen molar-refractivity contribution in [2.45, 2.75) is 39.5 Å². The minimum Gasteiger partial charge on any atom is -0.297 e. The quantitative estimate of drug-likeness (QED) is 0.801. The molecule has 1 saturated carbocycles. The lowest BCUT2D eigenvalue weighted by Crippen LogP contribution is -2.45. The Morgan fingerprint density at radius 1 is 1.44 bits per heavy atom. The molecule has 18 heavy (non-hydrogen) atoms. The number of ketones is 1. The van der Waals surface area contributed by atoms with Gasteiger partial charge in [-0.1, -0.05) is 26.3 Å². The van der Waals surface area contributed by atoms with E-state index in [1.165, 1.54) is 0 Å². The minimum absolute atomic E-state index is 0.0904. The predicted molar refractivity (Wildman–Crippen MR) is 68.6 cm³/mol. The van der Waals surface area contributed by atoms with Crippen molar-refractivity contribution in [1.29, 1.82) is 5.26 Å². The smallest absolute Gasteiger partial charge is 0.158 e. The number of hydrogen-bond acceptors (Lipinski definition) is 3. The second-order valence-corrected chi connectivity index (χ2v) is 5.80. The zero-order valence-electron chi connectivity index (χ0n) is 10.9. The fourth-order valence-corrected chi connectivity index (χ4v) is 2.87. The molecular weight excluding hydrogens is 224 g/mol. The summed E-state index contributed by atoms with van der Waals surface area (Å²) in [5.41, 5.74) is -0.272. The van der Waals surface area contributed by atoms with Crippen molar-refractivity contribution < 1.29 is 4.79 Å². The van der Waals surface area contributed by atoms with E-state index in [0.717, 1.165) is 18.4 Å². The molecule has 1 atom stereocenters. The molecular formula is C15H18N2O. The summed E-state index contributed by atoms with van der Waals surface area (Å²) in [7, 11) is 0. The van der Waals surface area contributed by atoms with Crippen LogP contribution in [0.1, 0.15) is 38.7 Å². The Morgan fingerprint density at radius 3 is 2.83 bits per heavy atom. The van der Waals surface area contributed by atoms with Crippen LogP contribution in [0.3, 0.4) is 0 Å². The molecule has 1 aromatic rings. The Labute approximate surface area is 108 Å². The number of carbonyl (C=O) groups excluding carboxylic acids is 1. The third-order valence-electron chi connectivity index (χ3n) is 3.90. The second-order valence-electron chi connectivity index (χ2n) is 5.80. The van der Waals surface area contributed by atoms with E-state index in [2.05, 4.69) is 11.1 Å². The van der Waals surface area contributed by atoms with Gasteiger partial charge in [0.15, 0.2) is 5.78 Å². The number of hydrogen-bond donors (Lipinski definition) is 0. The molecule has 0 amide bonds. The molecule has 0 aliphatic heterocycles. The molecule has 0 radical (unpaired) electrons.